The summed E-state index contributed by atoms with van der Waals surface area (Å²) in [7, 11) is 0. The van der Waals surface area contributed by atoms with Gasteiger partial charge in [-0.1, -0.05) is 12.1 Å². The molecule has 0 aromatic heterocycles. The van der Waals surface area contributed by atoms with Crippen LogP contribution in [0.15, 0.2) is 60.3 Å². The third-order valence-corrected chi connectivity index (χ3v) is 4.80. The van der Waals surface area contributed by atoms with Gasteiger partial charge in [-0.25, -0.2) is 4.39 Å². The Morgan fingerprint density at radius 3 is 2.27 bits per heavy atom. The van der Waals surface area contributed by atoms with E-state index in [0.29, 0.717) is 37.4 Å². The van der Waals surface area contributed by atoms with E-state index >= 15 is 0 Å². The smallest absolute Gasteiger partial charge is 0.307 e. The number of anilines is 2. The Balaban J connectivity index is 1.57. The number of benzene rings is 2. The molecule has 30 heavy (non-hydrogen) atoms. The Morgan fingerprint density at radius 2 is 1.70 bits per heavy atom. The molecule has 2 N–H and O–H groups in total. The van der Waals surface area contributed by atoms with E-state index in [4.69, 9.17) is 5.11 Å². The first kappa shape index (κ1) is 20.9. The lowest BCUT2D eigenvalue weighted by Crippen LogP contribution is -2.49. The third-order valence-electron chi connectivity index (χ3n) is 4.80. The summed E-state index contributed by atoms with van der Waals surface area (Å²) in [5.74, 6) is -1.56. The predicted octanol–water partition coefficient (Wildman–Crippen LogP) is 2.62. The number of hydrogen-bond acceptors (Lipinski definition) is 5. The summed E-state index contributed by atoms with van der Waals surface area (Å²) in [6.45, 7) is 2.10. The van der Waals surface area contributed by atoms with Crippen LogP contribution >= 0.6 is 0 Å². The van der Waals surface area contributed by atoms with E-state index in [1.807, 2.05) is 6.07 Å². The molecule has 154 valence electrons. The number of amides is 1. The van der Waals surface area contributed by atoms with Crippen molar-refractivity contribution in [3.63, 3.8) is 0 Å². The summed E-state index contributed by atoms with van der Waals surface area (Å²) in [6.07, 6.45) is 1.29. The van der Waals surface area contributed by atoms with E-state index in [-0.39, 0.29) is 23.7 Å². The van der Waals surface area contributed by atoms with E-state index in [2.05, 4.69) is 10.2 Å². The number of nitriles is 1. The van der Waals surface area contributed by atoms with Crippen LogP contribution in [0.2, 0.25) is 0 Å². The summed E-state index contributed by atoms with van der Waals surface area (Å²) < 4.78 is 13.1. The van der Waals surface area contributed by atoms with Crippen molar-refractivity contribution in [3.8, 4) is 6.07 Å². The van der Waals surface area contributed by atoms with Crippen LogP contribution in [-0.4, -0.2) is 48.1 Å². The number of carbonyl (C=O) groups excluding carboxylic acids is 1. The molecule has 0 bridgehead atoms. The minimum Gasteiger partial charge on any atom is -0.481 e. The van der Waals surface area contributed by atoms with Gasteiger partial charge in [-0.3, -0.25) is 9.59 Å². The number of hydrogen-bond donors (Lipinski definition) is 2. The van der Waals surface area contributed by atoms with Crippen molar-refractivity contribution in [2.45, 2.75) is 6.42 Å². The van der Waals surface area contributed by atoms with Crippen LogP contribution in [0.3, 0.4) is 0 Å². The molecule has 1 aliphatic heterocycles. The molecule has 1 amide bonds. The van der Waals surface area contributed by atoms with E-state index in [0.717, 1.165) is 5.69 Å². The largest absolute Gasteiger partial charge is 0.481 e. The molecule has 1 saturated heterocycles. The Kier molecular flexibility index (Phi) is 6.65. The van der Waals surface area contributed by atoms with Gasteiger partial charge < -0.3 is 20.2 Å². The van der Waals surface area contributed by atoms with Crippen LogP contribution < -0.4 is 10.2 Å². The van der Waals surface area contributed by atoms with Crippen LogP contribution in [0.25, 0.3) is 0 Å². The van der Waals surface area contributed by atoms with Gasteiger partial charge in [0.15, 0.2) is 0 Å². The summed E-state index contributed by atoms with van der Waals surface area (Å²) in [4.78, 5) is 27.1. The minimum absolute atomic E-state index is 0.0140. The number of nitrogens with one attached hydrogen (secondary N) is 1. The van der Waals surface area contributed by atoms with Gasteiger partial charge in [-0.05, 0) is 42.0 Å². The molecular weight excluding hydrogens is 387 g/mol. The Hall–Kier alpha value is -3.86. The van der Waals surface area contributed by atoms with Crippen LogP contribution in [0.5, 0.6) is 0 Å². The number of piperazine rings is 1. The Bertz CT molecular complexity index is 973. The van der Waals surface area contributed by atoms with Crippen LogP contribution in [0.4, 0.5) is 15.8 Å². The maximum Gasteiger partial charge on any atom is 0.307 e. The molecule has 2 aromatic carbocycles. The molecule has 7 nitrogen and oxygen atoms in total. The van der Waals surface area contributed by atoms with Gasteiger partial charge in [-0.15, -0.1) is 0 Å². The number of aliphatic carboxylic acids is 1. The molecule has 0 spiro atoms. The zero-order chi connectivity index (χ0) is 21.5. The van der Waals surface area contributed by atoms with Gasteiger partial charge in [-0.2, -0.15) is 5.26 Å². The highest BCUT2D eigenvalue weighted by molar-refractivity contribution is 5.97. The second-order valence-electron chi connectivity index (χ2n) is 6.84. The molecule has 0 unspecified atom stereocenters. The second-order valence-corrected chi connectivity index (χ2v) is 6.84. The fourth-order valence-corrected chi connectivity index (χ4v) is 3.18. The molecule has 1 fully saturated rings. The maximum absolute atomic E-state index is 13.1. The zero-order valence-electron chi connectivity index (χ0n) is 16.2. The molecule has 1 aliphatic rings. The molecule has 0 aliphatic carbocycles. The van der Waals surface area contributed by atoms with Crippen LogP contribution in [0.1, 0.15) is 5.56 Å². The molecule has 0 radical (unpaired) electrons. The maximum atomic E-state index is 13.1. The zero-order valence-corrected chi connectivity index (χ0v) is 16.2. The molecule has 0 saturated carbocycles. The van der Waals surface area contributed by atoms with Gasteiger partial charge >= 0.3 is 5.97 Å². The van der Waals surface area contributed by atoms with Crippen molar-refractivity contribution in [3.05, 3.63) is 71.7 Å². The number of rotatable bonds is 6. The lowest BCUT2D eigenvalue weighted by atomic mass is 10.1. The van der Waals surface area contributed by atoms with Crippen LogP contribution in [0, 0.1) is 17.1 Å². The fourth-order valence-electron chi connectivity index (χ4n) is 3.18. The number of carboxylic acids is 1. The highest BCUT2D eigenvalue weighted by Gasteiger charge is 2.23. The van der Waals surface area contributed by atoms with Crippen molar-refractivity contribution < 1.29 is 19.1 Å². The highest BCUT2D eigenvalue weighted by atomic mass is 19.1. The van der Waals surface area contributed by atoms with Gasteiger partial charge in [0.05, 0.1) is 6.42 Å². The molecule has 8 heteroatoms. The number of carboxylic acid groups (broad SMARTS) is 1. The average Bonchev–Trinajstić information content (AvgIpc) is 2.75. The standard InChI is InChI=1S/C22H21FN4O3/c23-18-3-7-20(8-4-18)26-9-11-27(12-10-26)22(30)17(14-24)15-25-19-5-1-16(2-6-19)13-21(28)29/h1-8,15,25H,9-13H2,(H,28,29)/b17-15-. The van der Waals surface area contributed by atoms with Gasteiger partial charge in [0.2, 0.25) is 0 Å². The van der Waals surface area contributed by atoms with E-state index in [1.54, 1.807) is 41.3 Å². The first-order valence-corrected chi connectivity index (χ1v) is 9.43. The minimum atomic E-state index is -0.910. The fraction of sp³-hybridized carbons (Fsp3) is 0.227. The third kappa shape index (κ3) is 5.35. The lowest BCUT2D eigenvalue weighted by molar-refractivity contribution is -0.136. The number of carbonyl (C=O) groups is 2. The summed E-state index contributed by atoms with van der Waals surface area (Å²) >= 11 is 0. The Labute approximate surface area is 173 Å². The van der Waals surface area contributed by atoms with Crippen molar-refractivity contribution in [1.29, 1.82) is 5.26 Å². The van der Waals surface area contributed by atoms with Crippen molar-refractivity contribution in [2.24, 2.45) is 0 Å². The summed E-state index contributed by atoms with van der Waals surface area (Å²) in [5, 5.41) is 21.1. The molecule has 2 aromatic rings. The van der Waals surface area contributed by atoms with Gasteiger partial charge in [0, 0.05) is 43.8 Å². The lowest BCUT2D eigenvalue weighted by Gasteiger charge is -2.36. The van der Waals surface area contributed by atoms with Crippen LogP contribution in [-0.2, 0) is 16.0 Å². The molecular formula is C22H21FN4O3. The topological polar surface area (TPSA) is 96.7 Å². The van der Waals surface area contributed by atoms with Crippen molar-refractivity contribution in [1.82, 2.24) is 4.90 Å². The SMILES string of the molecule is N#C/C(=C/Nc1ccc(CC(=O)O)cc1)C(=O)N1CCN(c2ccc(F)cc2)CC1. The van der Waals surface area contributed by atoms with Crippen molar-refractivity contribution in [2.75, 3.05) is 36.4 Å². The first-order chi connectivity index (χ1) is 14.5. The van der Waals surface area contributed by atoms with E-state index in [1.165, 1.54) is 18.3 Å². The Morgan fingerprint density at radius 1 is 1.07 bits per heavy atom. The molecule has 1 heterocycles. The highest BCUT2D eigenvalue weighted by Crippen LogP contribution is 2.18. The van der Waals surface area contributed by atoms with E-state index < -0.39 is 5.97 Å². The number of nitrogens with zero attached hydrogens (tertiary/aromatic N) is 3. The average molecular weight is 408 g/mol. The first-order valence-electron chi connectivity index (χ1n) is 9.43. The normalized spacial score (nSPS) is 14.2. The second kappa shape index (κ2) is 9.56. The van der Waals surface area contributed by atoms with Crippen molar-refractivity contribution >= 4 is 23.3 Å². The predicted molar refractivity (Wildman–Crippen MR) is 110 cm³/mol. The van der Waals surface area contributed by atoms with E-state index in [9.17, 15) is 19.2 Å². The molecule has 0 atom stereocenters. The monoisotopic (exact) mass is 408 g/mol. The summed E-state index contributed by atoms with van der Waals surface area (Å²) in [5.41, 5.74) is 2.19. The quantitative estimate of drug-likeness (QED) is 0.563. The molecule has 3 rings (SSSR count). The summed E-state index contributed by atoms with van der Waals surface area (Å²) in [6, 6.07) is 14.9. The van der Waals surface area contributed by atoms with Gasteiger partial charge in [0.1, 0.15) is 17.5 Å². The number of halogens is 1. The van der Waals surface area contributed by atoms with Gasteiger partial charge in [0.25, 0.3) is 5.91 Å².